The zero-order valence-corrected chi connectivity index (χ0v) is 9.79. The van der Waals surface area contributed by atoms with Crippen LogP contribution in [0.4, 0.5) is 11.4 Å². The highest BCUT2D eigenvalue weighted by molar-refractivity contribution is 6.01. The van der Waals surface area contributed by atoms with Gasteiger partial charge in [-0.1, -0.05) is 6.58 Å². The molecule has 1 aromatic rings. The molecule has 17 heavy (non-hydrogen) atoms. The van der Waals surface area contributed by atoms with Gasteiger partial charge < -0.3 is 4.90 Å². The van der Waals surface area contributed by atoms with E-state index >= 15 is 0 Å². The molecule has 0 aliphatic heterocycles. The number of benzene rings is 1. The summed E-state index contributed by atoms with van der Waals surface area (Å²) in [6.45, 7) is 7.16. The van der Waals surface area contributed by atoms with Gasteiger partial charge in [0.25, 0.3) is 11.6 Å². The molecular weight excluding hydrogens is 220 g/mol. The minimum absolute atomic E-state index is 0.00325. The maximum absolute atomic E-state index is 11.6. The van der Waals surface area contributed by atoms with Crippen LogP contribution in [-0.4, -0.2) is 16.9 Å². The van der Waals surface area contributed by atoms with Crippen LogP contribution in [0.3, 0.4) is 0 Å². The molecule has 1 amide bonds. The number of hydrogen-bond donors (Lipinski definition) is 0. The lowest BCUT2D eigenvalue weighted by atomic mass is 10.2. The normalized spacial score (nSPS) is 10.1. The second kappa shape index (κ2) is 5.25. The van der Waals surface area contributed by atoms with Crippen LogP contribution in [0.5, 0.6) is 0 Å². The molecule has 0 saturated heterocycles. The summed E-state index contributed by atoms with van der Waals surface area (Å²) in [5.41, 5.74) is 0.624. The van der Waals surface area contributed by atoms with E-state index in [1.54, 1.807) is 12.1 Å². The molecule has 0 atom stereocenters. The van der Waals surface area contributed by atoms with Crippen molar-refractivity contribution in [2.45, 2.75) is 19.9 Å². The predicted octanol–water partition coefficient (Wildman–Crippen LogP) is 2.52. The Kier molecular flexibility index (Phi) is 3.98. The third-order valence-electron chi connectivity index (χ3n) is 2.27. The predicted molar refractivity (Wildman–Crippen MR) is 65.9 cm³/mol. The average Bonchev–Trinajstić information content (AvgIpc) is 2.29. The molecule has 90 valence electrons. The van der Waals surface area contributed by atoms with Crippen LogP contribution in [0.1, 0.15) is 13.8 Å². The number of anilines is 1. The van der Waals surface area contributed by atoms with Crippen molar-refractivity contribution in [1.29, 1.82) is 0 Å². The molecule has 0 bridgehead atoms. The largest absolute Gasteiger partial charge is 0.306 e. The summed E-state index contributed by atoms with van der Waals surface area (Å²) in [6.07, 6.45) is 1.22. The number of rotatable bonds is 4. The highest BCUT2D eigenvalue weighted by Gasteiger charge is 2.17. The number of carbonyl (C=O) groups is 1. The van der Waals surface area contributed by atoms with Gasteiger partial charge in [-0.15, -0.1) is 0 Å². The highest BCUT2D eigenvalue weighted by atomic mass is 16.6. The van der Waals surface area contributed by atoms with Crippen molar-refractivity contribution < 1.29 is 9.72 Å². The zero-order chi connectivity index (χ0) is 13.0. The fourth-order valence-corrected chi connectivity index (χ4v) is 1.51. The molecule has 0 aliphatic carbocycles. The number of nitro benzene ring substituents is 1. The lowest BCUT2D eigenvalue weighted by Gasteiger charge is -2.25. The third-order valence-corrected chi connectivity index (χ3v) is 2.27. The number of carbonyl (C=O) groups excluding carboxylic acids is 1. The van der Waals surface area contributed by atoms with Gasteiger partial charge >= 0.3 is 0 Å². The number of nitro groups is 1. The van der Waals surface area contributed by atoms with Crippen LogP contribution in [0.15, 0.2) is 36.9 Å². The van der Waals surface area contributed by atoms with Crippen LogP contribution in [0.2, 0.25) is 0 Å². The Morgan fingerprint density at radius 1 is 1.41 bits per heavy atom. The smallest absolute Gasteiger partial charge is 0.269 e. The molecule has 0 saturated carbocycles. The van der Waals surface area contributed by atoms with Crippen molar-refractivity contribution in [3.8, 4) is 0 Å². The number of non-ortho nitro benzene ring substituents is 1. The summed E-state index contributed by atoms with van der Waals surface area (Å²) < 4.78 is 0. The monoisotopic (exact) mass is 234 g/mol. The van der Waals surface area contributed by atoms with E-state index in [0.29, 0.717) is 5.69 Å². The molecule has 5 nitrogen and oxygen atoms in total. The first-order valence-electron chi connectivity index (χ1n) is 5.17. The van der Waals surface area contributed by atoms with Crippen molar-refractivity contribution in [1.82, 2.24) is 0 Å². The second-order valence-corrected chi connectivity index (χ2v) is 3.78. The molecule has 1 rings (SSSR count). The van der Waals surface area contributed by atoms with Gasteiger partial charge in [0, 0.05) is 23.9 Å². The van der Waals surface area contributed by atoms with Crippen LogP contribution in [-0.2, 0) is 4.79 Å². The van der Waals surface area contributed by atoms with E-state index < -0.39 is 4.92 Å². The van der Waals surface area contributed by atoms with E-state index in [1.165, 1.54) is 23.1 Å². The maximum Gasteiger partial charge on any atom is 0.269 e. The topological polar surface area (TPSA) is 63.5 Å². The fraction of sp³-hybridized carbons (Fsp3) is 0.250. The molecule has 0 spiro atoms. The Balaban J connectivity index is 3.08. The van der Waals surface area contributed by atoms with Crippen LogP contribution < -0.4 is 4.90 Å². The first kappa shape index (κ1) is 12.9. The molecule has 0 fully saturated rings. The van der Waals surface area contributed by atoms with Crippen molar-refractivity contribution in [2.75, 3.05) is 4.90 Å². The minimum atomic E-state index is -0.473. The number of amides is 1. The summed E-state index contributed by atoms with van der Waals surface area (Å²) in [7, 11) is 0. The summed E-state index contributed by atoms with van der Waals surface area (Å²) in [5, 5.41) is 10.5. The summed E-state index contributed by atoms with van der Waals surface area (Å²) in [5.74, 6) is -0.228. The first-order valence-corrected chi connectivity index (χ1v) is 5.17. The van der Waals surface area contributed by atoms with Crippen LogP contribution in [0.25, 0.3) is 0 Å². The Morgan fingerprint density at radius 2 is 1.94 bits per heavy atom. The summed E-state index contributed by atoms with van der Waals surface area (Å²) in [6, 6.07) is 5.82. The molecule has 5 heteroatoms. The van der Waals surface area contributed by atoms with Crippen molar-refractivity contribution in [2.24, 2.45) is 0 Å². The van der Waals surface area contributed by atoms with Gasteiger partial charge in [-0.2, -0.15) is 0 Å². The third kappa shape index (κ3) is 2.90. The fourth-order valence-electron chi connectivity index (χ4n) is 1.51. The molecule has 0 N–H and O–H groups in total. The summed E-state index contributed by atoms with van der Waals surface area (Å²) >= 11 is 0. The van der Waals surface area contributed by atoms with Gasteiger partial charge in [0.15, 0.2) is 0 Å². The Labute approximate surface area is 99.5 Å². The van der Waals surface area contributed by atoms with E-state index in [0.717, 1.165) is 0 Å². The standard InChI is InChI=1S/C12H14N2O3/c1-4-12(15)13(9(2)3)10-5-7-11(8-6-10)14(16)17/h4-9H,1H2,2-3H3. The molecule has 0 unspecified atom stereocenters. The van der Waals surface area contributed by atoms with E-state index in [1.807, 2.05) is 13.8 Å². The van der Waals surface area contributed by atoms with Crippen LogP contribution in [0, 0.1) is 10.1 Å². The van der Waals surface area contributed by atoms with E-state index in [-0.39, 0.29) is 17.6 Å². The summed E-state index contributed by atoms with van der Waals surface area (Å²) in [4.78, 5) is 23.2. The van der Waals surface area contributed by atoms with E-state index in [4.69, 9.17) is 0 Å². The Bertz CT molecular complexity index is 438. The SMILES string of the molecule is C=CC(=O)N(c1ccc([N+](=O)[O-])cc1)C(C)C. The average molecular weight is 234 g/mol. The van der Waals surface area contributed by atoms with Crippen molar-refractivity contribution in [3.05, 3.63) is 47.0 Å². The Hall–Kier alpha value is -2.17. The van der Waals surface area contributed by atoms with Crippen molar-refractivity contribution >= 4 is 17.3 Å². The number of nitrogens with zero attached hydrogens (tertiary/aromatic N) is 2. The van der Waals surface area contributed by atoms with Gasteiger partial charge in [-0.3, -0.25) is 14.9 Å². The quantitative estimate of drug-likeness (QED) is 0.457. The van der Waals surface area contributed by atoms with E-state index in [9.17, 15) is 14.9 Å². The molecular formula is C12H14N2O3. The molecule has 0 heterocycles. The Morgan fingerprint density at radius 3 is 2.29 bits per heavy atom. The van der Waals surface area contributed by atoms with Gasteiger partial charge in [-0.25, -0.2) is 0 Å². The van der Waals surface area contributed by atoms with Crippen LogP contribution >= 0.6 is 0 Å². The van der Waals surface area contributed by atoms with Gasteiger partial charge in [0.2, 0.25) is 0 Å². The van der Waals surface area contributed by atoms with Crippen molar-refractivity contribution in [3.63, 3.8) is 0 Å². The lowest BCUT2D eigenvalue weighted by molar-refractivity contribution is -0.384. The molecule has 0 aromatic heterocycles. The second-order valence-electron chi connectivity index (χ2n) is 3.78. The number of hydrogen-bond acceptors (Lipinski definition) is 3. The molecule has 0 aliphatic rings. The van der Waals surface area contributed by atoms with Gasteiger partial charge in [0.1, 0.15) is 0 Å². The van der Waals surface area contributed by atoms with Gasteiger partial charge in [0.05, 0.1) is 4.92 Å². The highest BCUT2D eigenvalue weighted by Crippen LogP contribution is 2.21. The molecule has 0 radical (unpaired) electrons. The maximum atomic E-state index is 11.6. The first-order chi connectivity index (χ1) is 7.97. The zero-order valence-electron chi connectivity index (χ0n) is 9.79. The lowest BCUT2D eigenvalue weighted by Crippen LogP contribution is -2.35. The molecule has 1 aromatic carbocycles. The van der Waals surface area contributed by atoms with E-state index in [2.05, 4.69) is 6.58 Å². The minimum Gasteiger partial charge on any atom is -0.306 e. The van der Waals surface area contributed by atoms with Gasteiger partial charge in [-0.05, 0) is 32.1 Å².